The van der Waals surface area contributed by atoms with E-state index in [9.17, 15) is 14.4 Å². The van der Waals surface area contributed by atoms with Gasteiger partial charge in [0.1, 0.15) is 5.56 Å². The zero-order valence-corrected chi connectivity index (χ0v) is 10.0. The zero-order chi connectivity index (χ0) is 13.3. The molecular formula is C11H15N3O4. The summed E-state index contributed by atoms with van der Waals surface area (Å²) in [6.45, 7) is 1.50. The number of aromatic carboxylic acids is 1. The Balaban J connectivity index is 2.56. The first kappa shape index (κ1) is 12.6. The minimum absolute atomic E-state index is 0.101. The second kappa shape index (κ2) is 4.77. The SMILES string of the molecule is Cn1c(=O)c(C(=O)O)cn([C@H]2CCCNC2)c1=O. The third-order valence-electron chi connectivity index (χ3n) is 3.21. The molecule has 0 spiro atoms. The minimum Gasteiger partial charge on any atom is -0.477 e. The Morgan fingerprint density at radius 3 is 2.78 bits per heavy atom. The van der Waals surface area contributed by atoms with Crippen LogP contribution in [-0.2, 0) is 7.05 Å². The summed E-state index contributed by atoms with van der Waals surface area (Å²) >= 11 is 0. The van der Waals surface area contributed by atoms with Gasteiger partial charge in [-0.1, -0.05) is 0 Å². The Morgan fingerprint density at radius 2 is 2.22 bits per heavy atom. The van der Waals surface area contributed by atoms with Crippen molar-refractivity contribution in [2.75, 3.05) is 13.1 Å². The van der Waals surface area contributed by atoms with Gasteiger partial charge < -0.3 is 10.4 Å². The molecule has 0 saturated carbocycles. The summed E-state index contributed by atoms with van der Waals surface area (Å²) in [4.78, 5) is 34.6. The van der Waals surface area contributed by atoms with Gasteiger partial charge >= 0.3 is 11.7 Å². The monoisotopic (exact) mass is 253 g/mol. The topological polar surface area (TPSA) is 93.3 Å². The standard InChI is InChI=1S/C11H15N3O4/c1-13-9(15)8(10(16)17)6-14(11(13)18)7-3-2-4-12-5-7/h6-7,12H,2-5H2,1H3,(H,16,17)/t7-/m0/s1. The quantitative estimate of drug-likeness (QED) is 0.717. The van der Waals surface area contributed by atoms with E-state index in [-0.39, 0.29) is 11.6 Å². The molecule has 7 nitrogen and oxygen atoms in total. The van der Waals surface area contributed by atoms with Crippen LogP contribution in [0.15, 0.2) is 15.8 Å². The van der Waals surface area contributed by atoms with Gasteiger partial charge in [0.25, 0.3) is 5.56 Å². The average Bonchev–Trinajstić information content (AvgIpc) is 2.37. The van der Waals surface area contributed by atoms with Crippen molar-refractivity contribution in [2.45, 2.75) is 18.9 Å². The number of rotatable bonds is 2. The average molecular weight is 253 g/mol. The van der Waals surface area contributed by atoms with Crippen molar-refractivity contribution in [2.24, 2.45) is 7.05 Å². The van der Waals surface area contributed by atoms with Crippen molar-refractivity contribution in [1.29, 1.82) is 0 Å². The molecule has 2 N–H and O–H groups in total. The number of hydrogen-bond donors (Lipinski definition) is 2. The highest BCUT2D eigenvalue weighted by Crippen LogP contribution is 2.13. The molecule has 18 heavy (non-hydrogen) atoms. The lowest BCUT2D eigenvalue weighted by atomic mass is 10.1. The maximum atomic E-state index is 12.0. The van der Waals surface area contributed by atoms with Crippen LogP contribution in [0.5, 0.6) is 0 Å². The highest BCUT2D eigenvalue weighted by molar-refractivity contribution is 5.86. The Kier molecular flexibility index (Phi) is 3.33. The molecule has 7 heteroatoms. The van der Waals surface area contributed by atoms with Gasteiger partial charge in [-0.05, 0) is 19.4 Å². The summed E-state index contributed by atoms with van der Waals surface area (Å²) in [7, 11) is 1.30. The number of nitrogens with zero attached hydrogens (tertiary/aromatic N) is 2. The lowest BCUT2D eigenvalue weighted by Gasteiger charge is -2.25. The molecule has 1 atom stereocenters. The Labute approximate surface area is 103 Å². The van der Waals surface area contributed by atoms with Crippen LogP contribution in [0, 0.1) is 0 Å². The molecule has 0 aliphatic carbocycles. The van der Waals surface area contributed by atoms with Crippen molar-refractivity contribution in [3.63, 3.8) is 0 Å². The van der Waals surface area contributed by atoms with Gasteiger partial charge in [0.2, 0.25) is 0 Å². The van der Waals surface area contributed by atoms with Crippen LogP contribution >= 0.6 is 0 Å². The lowest BCUT2D eigenvalue weighted by molar-refractivity contribution is 0.0692. The van der Waals surface area contributed by atoms with Crippen LogP contribution in [-0.4, -0.2) is 33.3 Å². The van der Waals surface area contributed by atoms with Crippen LogP contribution in [0.25, 0.3) is 0 Å². The Bertz CT molecular complexity index is 581. The van der Waals surface area contributed by atoms with Gasteiger partial charge in [-0.25, -0.2) is 9.59 Å². The molecule has 1 aliphatic rings. The summed E-state index contributed by atoms with van der Waals surface area (Å²) < 4.78 is 2.19. The number of carbonyl (C=O) groups is 1. The first-order chi connectivity index (χ1) is 8.52. The van der Waals surface area contributed by atoms with Crippen LogP contribution in [0.4, 0.5) is 0 Å². The zero-order valence-electron chi connectivity index (χ0n) is 10.0. The molecule has 2 rings (SSSR count). The second-order valence-electron chi connectivity index (χ2n) is 4.40. The fraction of sp³-hybridized carbons (Fsp3) is 0.545. The molecule has 1 fully saturated rings. The molecule has 0 aromatic carbocycles. The predicted octanol–water partition coefficient (Wildman–Crippen LogP) is -0.830. The van der Waals surface area contributed by atoms with Gasteiger partial charge in [0.05, 0.1) is 6.04 Å². The molecule has 0 radical (unpaired) electrons. The van der Waals surface area contributed by atoms with E-state index < -0.39 is 17.2 Å². The number of carboxylic acids is 1. The normalized spacial score (nSPS) is 19.7. The van der Waals surface area contributed by atoms with E-state index >= 15 is 0 Å². The van der Waals surface area contributed by atoms with E-state index in [1.165, 1.54) is 11.6 Å². The van der Waals surface area contributed by atoms with E-state index in [0.29, 0.717) is 6.54 Å². The van der Waals surface area contributed by atoms with E-state index in [2.05, 4.69) is 5.32 Å². The molecule has 1 aromatic heterocycles. The first-order valence-corrected chi connectivity index (χ1v) is 5.78. The molecule has 98 valence electrons. The van der Waals surface area contributed by atoms with E-state index in [0.717, 1.165) is 30.2 Å². The fourth-order valence-electron chi connectivity index (χ4n) is 2.17. The predicted molar refractivity (Wildman–Crippen MR) is 64.0 cm³/mol. The van der Waals surface area contributed by atoms with Crippen molar-refractivity contribution in [1.82, 2.24) is 14.5 Å². The van der Waals surface area contributed by atoms with Crippen molar-refractivity contribution < 1.29 is 9.90 Å². The van der Waals surface area contributed by atoms with Crippen molar-refractivity contribution >= 4 is 5.97 Å². The molecule has 1 aromatic rings. The maximum Gasteiger partial charge on any atom is 0.342 e. The summed E-state index contributed by atoms with van der Waals surface area (Å²) in [5.74, 6) is -1.31. The van der Waals surface area contributed by atoms with Crippen molar-refractivity contribution in [3.8, 4) is 0 Å². The minimum atomic E-state index is -1.31. The molecule has 0 bridgehead atoms. The molecule has 1 saturated heterocycles. The van der Waals surface area contributed by atoms with Crippen LogP contribution in [0.1, 0.15) is 29.2 Å². The third-order valence-corrected chi connectivity index (χ3v) is 3.21. The molecular weight excluding hydrogens is 238 g/mol. The summed E-state index contributed by atoms with van der Waals surface area (Å²) in [6.07, 6.45) is 2.87. The van der Waals surface area contributed by atoms with Crippen LogP contribution < -0.4 is 16.6 Å². The molecule has 0 amide bonds. The third kappa shape index (κ3) is 2.08. The van der Waals surface area contributed by atoms with E-state index in [4.69, 9.17) is 5.11 Å². The summed E-state index contributed by atoms with van der Waals surface area (Å²) in [5, 5.41) is 12.1. The number of hydrogen-bond acceptors (Lipinski definition) is 4. The second-order valence-corrected chi connectivity index (χ2v) is 4.40. The smallest absolute Gasteiger partial charge is 0.342 e. The molecule has 1 aliphatic heterocycles. The molecule has 2 heterocycles. The number of nitrogens with one attached hydrogen (secondary N) is 1. The fourth-order valence-corrected chi connectivity index (χ4v) is 2.17. The molecule has 0 unspecified atom stereocenters. The van der Waals surface area contributed by atoms with E-state index in [1.807, 2.05) is 0 Å². The number of aromatic nitrogens is 2. The van der Waals surface area contributed by atoms with Crippen molar-refractivity contribution in [3.05, 3.63) is 32.6 Å². The summed E-state index contributed by atoms with van der Waals surface area (Å²) in [6, 6.07) is -0.101. The van der Waals surface area contributed by atoms with E-state index in [1.54, 1.807) is 0 Å². The Morgan fingerprint density at radius 1 is 1.50 bits per heavy atom. The number of carboxylic acid groups (broad SMARTS) is 1. The van der Waals surface area contributed by atoms with Crippen LogP contribution in [0.3, 0.4) is 0 Å². The maximum absolute atomic E-state index is 12.0. The summed E-state index contributed by atoms with van der Waals surface area (Å²) in [5.41, 5.74) is -1.62. The number of piperidine rings is 1. The Hall–Kier alpha value is -1.89. The first-order valence-electron chi connectivity index (χ1n) is 5.78. The van der Waals surface area contributed by atoms with Gasteiger partial charge in [-0.15, -0.1) is 0 Å². The van der Waals surface area contributed by atoms with Gasteiger partial charge in [0, 0.05) is 19.8 Å². The van der Waals surface area contributed by atoms with Gasteiger partial charge in [-0.2, -0.15) is 0 Å². The largest absolute Gasteiger partial charge is 0.477 e. The van der Waals surface area contributed by atoms with Crippen LogP contribution in [0.2, 0.25) is 0 Å². The lowest BCUT2D eigenvalue weighted by Crippen LogP contribution is -2.45. The van der Waals surface area contributed by atoms with Gasteiger partial charge in [0.15, 0.2) is 0 Å². The highest BCUT2D eigenvalue weighted by atomic mass is 16.4. The van der Waals surface area contributed by atoms with Gasteiger partial charge in [-0.3, -0.25) is 13.9 Å². The highest BCUT2D eigenvalue weighted by Gasteiger charge is 2.21.